The van der Waals surface area contributed by atoms with Crippen LogP contribution in [0.25, 0.3) is 0 Å². The van der Waals surface area contributed by atoms with Gasteiger partial charge in [0.2, 0.25) is 0 Å². The fourth-order valence-corrected chi connectivity index (χ4v) is 1.45. The molecule has 1 rings (SSSR count). The Hall–Kier alpha value is -1.53. The molecule has 1 aromatic rings. The summed E-state index contributed by atoms with van der Waals surface area (Å²) >= 11 is 5.46. The molecular formula is C11H15ClN2O4. The molecule has 0 aliphatic heterocycles. The fraction of sp³-hybridized carbons (Fsp3) is 0.455. The highest BCUT2D eigenvalue weighted by atomic mass is 35.5. The SMILES string of the molecule is CCOc1cc(NCC(O)CCl)ccc1[N+](=O)[O-]. The Balaban J connectivity index is 2.82. The van der Waals surface area contributed by atoms with Crippen LogP contribution < -0.4 is 10.1 Å². The number of alkyl halides is 1. The minimum atomic E-state index is -0.669. The molecule has 0 amide bonds. The number of nitrogens with zero attached hydrogens (tertiary/aromatic N) is 1. The van der Waals surface area contributed by atoms with Crippen molar-refractivity contribution in [2.75, 3.05) is 24.3 Å². The molecule has 0 heterocycles. The molecule has 7 heteroatoms. The lowest BCUT2D eigenvalue weighted by Crippen LogP contribution is -2.20. The van der Waals surface area contributed by atoms with Crippen LogP contribution in [0.15, 0.2) is 18.2 Å². The highest BCUT2D eigenvalue weighted by molar-refractivity contribution is 6.18. The summed E-state index contributed by atoms with van der Waals surface area (Å²) in [4.78, 5) is 10.3. The molecule has 1 aromatic carbocycles. The van der Waals surface area contributed by atoms with Gasteiger partial charge in [0.1, 0.15) is 0 Å². The summed E-state index contributed by atoms with van der Waals surface area (Å²) in [5.41, 5.74) is 0.550. The number of nitro groups is 1. The van der Waals surface area contributed by atoms with Gasteiger partial charge in [0.05, 0.1) is 23.5 Å². The van der Waals surface area contributed by atoms with Crippen LogP contribution in [-0.2, 0) is 0 Å². The van der Waals surface area contributed by atoms with E-state index in [0.717, 1.165) is 0 Å². The Bertz CT molecular complexity index is 414. The molecule has 0 aliphatic rings. The van der Waals surface area contributed by atoms with Gasteiger partial charge in [0.25, 0.3) is 0 Å². The van der Waals surface area contributed by atoms with Crippen molar-refractivity contribution in [3.8, 4) is 5.75 Å². The second-order valence-corrected chi connectivity index (χ2v) is 3.87. The summed E-state index contributed by atoms with van der Waals surface area (Å²) in [6.07, 6.45) is -0.669. The standard InChI is InChI=1S/C11H15ClN2O4/c1-2-18-11-5-8(13-7-9(15)6-12)3-4-10(11)14(16)17/h3-5,9,13,15H,2,6-7H2,1H3. The average molecular weight is 275 g/mol. The first-order valence-electron chi connectivity index (χ1n) is 5.47. The van der Waals surface area contributed by atoms with Crippen molar-refractivity contribution in [1.82, 2.24) is 0 Å². The topological polar surface area (TPSA) is 84.6 Å². The van der Waals surface area contributed by atoms with Crippen molar-refractivity contribution in [1.29, 1.82) is 0 Å². The zero-order chi connectivity index (χ0) is 13.5. The van der Waals surface area contributed by atoms with Gasteiger partial charge in [0, 0.05) is 24.4 Å². The monoisotopic (exact) mass is 274 g/mol. The largest absolute Gasteiger partial charge is 0.487 e. The van der Waals surface area contributed by atoms with Crippen LogP contribution in [0, 0.1) is 10.1 Å². The van der Waals surface area contributed by atoms with Gasteiger partial charge >= 0.3 is 5.69 Å². The first-order valence-corrected chi connectivity index (χ1v) is 6.01. The van der Waals surface area contributed by atoms with Crippen LogP contribution in [0.5, 0.6) is 5.75 Å². The van der Waals surface area contributed by atoms with Crippen LogP contribution in [0.1, 0.15) is 6.92 Å². The van der Waals surface area contributed by atoms with Crippen molar-refractivity contribution in [2.45, 2.75) is 13.0 Å². The highest BCUT2D eigenvalue weighted by Gasteiger charge is 2.15. The minimum Gasteiger partial charge on any atom is -0.487 e. The number of benzene rings is 1. The number of aliphatic hydroxyl groups is 1. The van der Waals surface area contributed by atoms with E-state index in [1.54, 1.807) is 13.0 Å². The number of nitro benzene ring substituents is 1. The van der Waals surface area contributed by atoms with Crippen LogP contribution in [0.2, 0.25) is 0 Å². The molecule has 2 N–H and O–H groups in total. The quantitative estimate of drug-likeness (QED) is 0.451. The lowest BCUT2D eigenvalue weighted by Gasteiger charge is -2.11. The van der Waals surface area contributed by atoms with Gasteiger partial charge < -0.3 is 15.2 Å². The van der Waals surface area contributed by atoms with Gasteiger partial charge in [-0.15, -0.1) is 11.6 Å². The average Bonchev–Trinajstić information content (AvgIpc) is 2.36. The van der Waals surface area contributed by atoms with Gasteiger partial charge in [-0.1, -0.05) is 0 Å². The van der Waals surface area contributed by atoms with Gasteiger partial charge in [-0.2, -0.15) is 0 Å². The zero-order valence-corrected chi connectivity index (χ0v) is 10.7. The molecule has 1 unspecified atom stereocenters. The highest BCUT2D eigenvalue weighted by Crippen LogP contribution is 2.30. The number of anilines is 1. The third kappa shape index (κ3) is 4.05. The number of halogens is 1. The Morgan fingerprint density at radius 2 is 2.33 bits per heavy atom. The van der Waals surface area contributed by atoms with Crippen molar-refractivity contribution in [2.24, 2.45) is 0 Å². The second-order valence-electron chi connectivity index (χ2n) is 3.56. The Labute approximate surface area is 110 Å². The predicted molar refractivity (Wildman–Crippen MR) is 69.5 cm³/mol. The molecule has 18 heavy (non-hydrogen) atoms. The van der Waals surface area contributed by atoms with Gasteiger partial charge in [0.15, 0.2) is 5.75 Å². The Kier molecular flexibility index (Phi) is 5.67. The lowest BCUT2D eigenvalue weighted by molar-refractivity contribution is -0.385. The number of nitrogens with one attached hydrogen (secondary N) is 1. The van der Waals surface area contributed by atoms with Gasteiger partial charge in [-0.25, -0.2) is 0 Å². The summed E-state index contributed by atoms with van der Waals surface area (Å²) in [6.45, 7) is 2.36. The smallest absolute Gasteiger partial charge is 0.311 e. The second kappa shape index (κ2) is 7.03. The van der Waals surface area contributed by atoms with Gasteiger partial charge in [-0.3, -0.25) is 10.1 Å². The molecule has 0 radical (unpaired) electrons. The molecule has 6 nitrogen and oxygen atoms in total. The van der Waals surface area contributed by atoms with E-state index in [9.17, 15) is 15.2 Å². The van der Waals surface area contributed by atoms with Gasteiger partial charge in [-0.05, 0) is 13.0 Å². The van der Waals surface area contributed by atoms with Crippen LogP contribution in [0.3, 0.4) is 0 Å². The first kappa shape index (κ1) is 14.5. The first-order chi connectivity index (χ1) is 8.58. The normalized spacial score (nSPS) is 11.9. The zero-order valence-electron chi connectivity index (χ0n) is 9.93. The summed E-state index contributed by atoms with van der Waals surface area (Å²) in [6, 6.07) is 4.45. The van der Waals surface area contributed by atoms with E-state index in [4.69, 9.17) is 16.3 Å². The molecule has 1 atom stereocenters. The van der Waals surface area contributed by atoms with E-state index < -0.39 is 11.0 Å². The summed E-state index contributed by atoms with van der Waals surface area (Å²) in [5, 5.41) is 23.0. The molecular weight excluding hydrogens is 260 g/mol. The van der Waals surface area contributed by atoms with Crippen LogP contribution >= 0.6 is 11.6 Å². The van der Waals surface area contributed by atoms with E-state index in [1.165, 1.54) is 12.1 Å². The van der Waals surface area contributed by atoms with E-state index in [1.807, 2.05) is 0 Å². The van der Waals surface area contributed by atoms with Crippen molar-refractivity contribution < 1.29 is 14.8 Å². The molecule has 100 valence electrons. The predicted octanol–water partition coefficient (Wildman–Crippen LogP) is 2.01. The Morgan fingerprint density at radius 3 is 2.89 bits per heavy atom. The summed E-state index contributed by atoms with van der Waals surface area (Å²) in [7, 11) is 0. The minimum absolute atomic E-state index is 0.0831. The number of hydrogen-bond donors (Lipinski definition) is 2. The number of ether oxygens (including phenoxy) is 1. The maximum Gasteiger partial charge on any atom is 0.311 e. The Morgan fingerprint density at radius 1 is 1.61 bits per heavy atom. The molecule has 0 saturated carbocycles. The maximum absolute atomic E-state index is 10.8. The molecule has 0 aliphatic carbocycles. The molecule has 0 bridgehead atoms. The maximum atomic E-state index is 10.8. The lowest BCUT2D eigenvalue weighted by atomic mass is 10.2. The van der Waals surface area contributed by atoms with Crippen LogP contribution in [0.4, 0.5) is 11.4 Å². The fourth-order valence-electron chi connectivity index (χ4n) is 1.34. The van der Waals surface area contributed by atoms with E-state index in [-0.39, 0.29) is 23.9 Å². The third-order valence-electron chi connectivity index (χ3n) is 2.18. The number of rotatable bonds is 7. The molecule has 0 fully saturated rings. The number of aliphatic hydroxyl groups excluding tert-OH is 1. The molecule has 0 saturated heterocycles. The third-order valence-corrected chi connectivity index (χ3v) is 2.53. The summed E-state index contributed by atoms with van der Waals surface area (Å²) < 4.78 is 5.20. The van der Waals surface area contributed by atoms with Crippen molar-refractivity contribution in [3.05, 3.63) is 28.3 Å². The van der Waals surface area contributed by atoms with Crippen LogP contribution in [-0.4, -0.2) is 35.2 Å². The van der Waals surface area contributed by atoms with E-state index in [2.05, 4.69) is 5.32 Å². The van der Waals surface area contributed by atoms with E-state index >= 15 is 0 Å². The summed E-state index contributed by atoms with van der Waals surface area (Å²) in [5.74, 6) is 0.325. The van der Waals surface area contributed by atoms with Crippen molar-refractivity contribution in [3.63, 3.8) is 0 Å². The van der Waals surface area contributed by atoms with Crippen molar-refractivity contribution >= 4 is 23.0 Å². The van der Waals surface area contributed by atoms with E-state index in [0.29, 0.717) is 12.3 Å². The molecule has 0 spiro atoms. The number of hydrogen-bond acceptors (Lipinski definition) is 5. The molecule has 0 aromatic heterocycles.